The number of hydrazine groups is 1. The highest BCUT2D eigenvalue weighted by molar-refractivity contribution is 5.49. The van der Waals surface area contributed by atoms with Crippen LogP contribution >= 0.6 is 0 Å². The summed E-state index contributed by atoms with van der Waals surface area (Å²) in [4.78, 5) is 20.3. The monoisotopic (exact) mass is 273 g/mol. The van der Waals surface area contributed by atoms with Crippen molar-refractivity contribution in [1.82, 2.24) is 14.5 Å². The molecule has 0 aliphatic carbocycles. The molecule has 0 atom stereocenters. The summed E-state index contributed by atoms with van der Waals surface area (Å²) in [5, 5.41) is 0. The Labute approximate surface area is 117 Å². The number of benzene rings is 1. The van der Waals surface area contributed by atoms with Gasteiger partial charge in [0.1, 0.15) is 5.82 Å². The molecule has 1 aromatic heterocycles. The summed E-state index contributed by atoms with van der Waals surface area (Å²) in [7, 11) is 0. The zero-order chi connectivity index (χ0) is 14.7. The Morgan fingerprint density at radius 1 is 1.20 bits per heavy atom. The maximum Gasteiger partial charge on any atom is 0.356 e. The molecule has 0 amide bonds. The van der Waals surface area contributed by atoms with Gasteiger partial charge < -0.3 is 0 Å². The van der Waals surface area contributed by atoms with Crippen LogP contribution in [0.15, 0.2) is 23.0 Å². The summed E-state index contributed by atoms with van der Waals surface area (Å²) in [5.41, 5.74) is 5.03. The van der Waals surface area contributed by atoms with E-state index in [0.29, 0.717) is 5.82 Å². The molecule has 6 nitrogen and oxygen atoms in total. The fraction of sp³-hybridized carbons (Fsp3) is 0.357. The molecule has 0 fully saturated rings. The number of rotatable bonds is 4. The van der Waals surface area contributed by atoms with Crippen LogP contribution in [0.3, 0.4) is 0 Å². The van der Waals surface area contributed by atoms with E-state index in [1.165, 1.54) is 0 Å². The number of nitrogens with zero attached hydrogens (tertiary/aromatic N) is 3. The minimum atomic E-state index is -0.374. The van der Waals surface area contributed by atoms with Gasteiger partial charge in [-0.25, -0.2) is 15.2 Å². The first kappa shape index (κ1) is 14.2. The van der Waals surface area contributed by atoms with Crippen molar-refractivity contribution in [3.8, 4) is 5.69 Å². The van der Waals surface area contributed by atoms with Gasteiger partial charge in [-0.05, 0) is 30.9 Å². The highest BCUT2D eigenvalue weighted by Crippen LogP contribution is 2.21. The van der Waals surface area contributed by atoms with Gasteiger partial charge in [-0.1, -0.05) is 32.0 Å². The van der Waals surface area contributed by atoms with Crippen LogP contribution in [0.1, 0.15) is 30.8 Å². The maximum atomic E-state index is 12.3. The molecule has 6 heteroatoms. The van der Waals surface area contributed by atoms with Crippen LogP contribution in [-0.2, 0) is 12.8 Å². The number of aryl methyl sites for hydroxylation is 3. The summed E-state index contributed by atoms with van der Waals surface area (Å²) in [6, 6.07) is 6.06. The molecule has 0 saturated heterocycles. The van der Waals surface area contributed by atoms with Gasteiger partial charge in [0.05, 0.1) is 5.69 Å². The Morgan fingerprint density at radius 2 is 1.80 bits per heavy atom. The third kappa shape index (κ3) is 2.42. The van der Waals surface area contributed by atoms with Crippen molar-refractivity contribution in [3.63, 3.8) is 0 Å². The van der Waals surface area contributed by atoms with Gasteiger partial charge in [-0.2, -0.15) is 9.97 Å². The molecule has 0 aliphatic heterocycles. The molecule has 2 rings (SSSR count). The van der Waals surface area contributed by atoms with E-state index in [9.17, 15) is 4.79 Å². The number of hydrogen-bond acceptors (Lipinski definition) is 5. The molecular weight excluding hydrogens is 254 g/mol. The van der Waals surface area contributed by atoms with Crippen molar-refractivity contribution >= 4 is 5.95 Å². The zero-order valence-electron chi connectivity index (χ0n) is 12.0. The Morgan fingerprint density at radius 3 is 2.25 bits per heavy atom. The van der Waals surface area contributed by atoms with Crippen molar-refractivity contribution in [2.24, 2.45) is 5.84 Å². The molecule has 0 unspecified atom stereocenters. The maximum absolute atomic E-state index is 12.3. The molecule has 106 valence electrons. The summed E-state index contributed by atoms with van der Waals surface area (Å²) in [6.45, 7) is 5.90. The number of anilines is 1. The predicted molar refractivity (Wildman–Crippen MR) is 78.9 cm³/mol. The first-order chi connectivity index (χ1) is 9.62. The lowest BCUT2D eigenvalue weighted by molar-refractivity contribution is 0.792. The van der Waals surface area contributed by atoms with Crippen LogP contribution in [0, 0.1) is 6.92 Å². The van der Waals surface area contributed by atoms with Crippen LogP contribution in [0.25, 0.3) is 5.69 Å². The van der Waals surface area contributed by atoms with Crippen molar-refractivity contribution in [1.29, 1.82) is 0 Å². The Hall–Kier alpha value is -2.21. The van der Waals surface area contributed by atoms with E-state index < -0.39 is 0 Å². The third-order valence-corrected chi connectivity index (χ3v) is 3.30. The molecule has 0 bridgehead atoms. The molecule has 0 aliphatic rings. The molecule has 3 N–H and O–H groups in total. The summed E-state index contributed by atoms with van der Waals surface area (Å²) < 4.78 is 1.55. The van der Waals surface area contributed by atoms with E-state index in [0.717, 1.165) is 29.7 Å². The van der Waals surface area contributed by atoms with Gasteiger partial charge in [0, 0.05) is 0 Å². The van der Waals surface area contributed by atoms with Crippen LogP contribution in [0.4, 0.5) is 5.95 Å². The van der Waals surface area contributed by atoms with Crippen LogP contribution in [0.2, 0.25) is 0 Å². The summed E-state index contributed by atoms with van der Waals surface area (Å²) in [5.74, 6) is 5.96. The number of hydrogen-bond donors (Lipinski definition) is 2. The van der Waals surface area contributed by atoms with Gasteiger partial charge in [0.2, 0.25) is 5.95 Å². The molecule has 1 heterocycles. The minimum Gasteiger partial charge on any atom is -0.292 e. The van der Waals surface area contributed by atoms with E-state index in [1.807, 2.05) is 18.2 Å². The Balaban J connectivity index is 2.78. The van der Waals surface area contributed by atoms with E-state index in [1.54, 1.807) is 11.5 Å². The second kappa shape index (κ2) is 5.83. The van der Waals surface area contributed by atoms with Gasteiger partial charge in [-0.3, -0.25) is 5.43 Å². The van der Waals surface area contributed by atoms with Crippen molar-refractivity contribution < 1.29 is 0 Å². The van der Waals surface area contributed by atoms with Crippen LogP contribution < -0.4 is 17.0 Å². The normalized spacial score (nSPS) is 10.6. The molecule has 0 saturated carbocycles. The van der Waals surface area contributed by atoms with Crippen LogP contribution in [0.5, 0.6) is 0 Å². The van der Waals surface area contributed by atoms with E-state index >= 15 is 0 Å². The summed E-state index contributed by atoms with van der Waals surface area (Å²) >= 11 is 0. The number of aromatic nitrogens is 3. The average Bonchev–Trinajstić information content (AvgIpc) is 2.46. The lowest BCUT2D eigenvalue weighted by Gasteiger charge is -2.16. The predicted octanol–water partition coefficient (Wildman–Crippen LogP) is 1.35. The Bertz CT molecular complexity index is 655. The zero-order valence-corrected chi connectivity index (χ0v) is 12.0. The van der Waals surface area contributed by atoms with Crippen LogP contribution in [-0.4, -0.2) is 14.5 Å². The second-order valence-electron chi connectivity index (χ2n) is 4.49. The third-order valence-electron chi connectivity index (χ3n) is 3.30. The van der Waals surface area contributed by atoms with Gasteiger partial charge in [0.15, 0.2) is 0 Å². The van der Waals surface area contributed by atoms with Gasteiger partial charge in [-0.15, -0.1) is 0 Å². The van der Waals surface area contributed by atoms with Gasteiger partial charge >= 0.3 is 5.69 Å². The molecule has 0 radical (unpaired) electrons. The van der Waals surface area contributed by atoms with E-state index in [4.69, 9.17) is 5.84 Å². The lowest BCUT2D eigenvalue weighted by Crippen LogP contribution is -2.29. The van der Waals surface area contributed by atoms with E-state index in [2.05, 4.69) is 29.2 Å². The average molecular weight is 273 g/mol. The molecule has 1 aromatic carbocycles. The highest BCUT2D eigenvalue weighted by atomic mass is 16.1. The lowest BCUT2D eigenvalue weighted by atomic mass is 10.0. The standard InChI is InChI=1S/C14H19N5O/c1-4-10-7-6-8-11(5-2)12(10)19-9(3)16-13(18-15)17-14(19)20/h6-8H,4-5,15H2,1-3H3,(H,17,18,20). The SMILES string of the molecule is CCc1cccc(CC)c1-n1c(C)nc(NN)nc1=O. The summed E-state index contributed by atoms with van der Waals surface area (Å²) in [6.07, 6.45) is 1.68. The fourth-order valence-corrected chi connectivity index (χ4v) is 2.33. The number of nitrogens with two attached hydrogens (primary N) is 1. The molecular formula is C14H19N5O. The van der Waals surface area contributed by atoms with E-state index in [-0.39, 0.29) is 11.6 Å². The highest BCUT2D eigenvalue weighted by Gasteiger charge is 2.14. The Kier molecular flexibility index (Phi) is 4.14. The first-order valence-corrected chi connectivity index (χ1v) is 6.67. The molecule has 2 aromatic rings. The minimum absolute atomic E-state index is 0.135. The number of nitrogen functional groups attached to an aromatic ring is 1. The second-order valence-corrected chi connectivity index (χ2v) is 4.49. The van der Waals surface area contributed by atoms with Gasteiger partial charge in [0.25, 0.3) is 0 Å². The smallest absolute Gasteiger partial charge is 0.292 e. The fourth-order valence-electron chi connectivity index (χ4n) is 2.33. The van der Waals surface area contributed by atoms with Crippen molar-refractivity contribution in [3.05, 3.63) is 45.6 Å². The number of para-hydroxylation sites is 1. The topological polar surface area (TPSA) is 85.8 Å². The quantitative estimate of drug-likeness (QED) is 0.648. The van der Waals surface area contributed by atoms with Crippen molar-refractivity contribution in [2.75, 3.05) is 5.43 Å². The number of nitrogens with one attached hydrogen (secondary N) is 1. The first-order valence-electron chi connectivity index (χ1n) is 6.67. The molecule has 20 heavy (non-hydrogen) atoms. The largest absolute Gasteiger partial charge is 0.356 e. The molecule has 0 spiro atoms. The van der Waals surface area contributed by atoms with Crippen molar-refractivity contribution in [2.45, 2.75) is 33.6 Å².